The largest absolute Gasteiger partial charge is 0.497 e. The zero-order chi connectivity index (χ0) is 23.6. The number of aryl methyl sites for hydroxylation is 1. The summed E-state index contributed by atoms with van der Waals surface area (Å²) in [5.41, 5.74) is 0.532. The molecule has 0 radical (unpaired) electrons. The molecule has 0 spiro atoms. The van der Waals surface area contributed by atoms with Gasteiger partial charge in [0.05, 0.1) is 12.8 Å². The Bertz CT molecular complexity index is 1260. The van der Waals surface area contributed by atoms with Crippen molar-refractivity contribution in [3.05, 3.63) is 95.8 Å². The van der Waals surface area contributed by atoms with Crippen LogP contribution in [0.3, 0.4) is 0 Å². The summed E-state index contributed by atoms with van der Waals surface area (Å²) in [4.78, 5) is 17.4. The zero-order valence-corrected chi connectivity index (χ0v) is 17.7. The van der Waals surface area contributed by atoms with Crippen molar-refractivity contribution in [2.45, 2.75) is 12.2 Å². The molecule has 0 fully saturated rings. The molecule has 170 valence electrons. The molecule has 10 heteroatoms. The lowest BCUT2D eigenvalue weighted by atomic mass is 10.0. The Balaban J connectivity index is 1.58. The van der Waals surface area contributed by atoms with Gasteiger partial charge in [0, 0.05) is 31.2 Å². The van der Waals surface area contributed by atoms with Gasteiger partial charge >= 0.3 is 6.18 Å². The summed E-state index contributed by atoms with van der Waals surface area (Å²) in [6.07, 6.45) is 0.120. The van der Waals surface area contributed by atoms with Crippen molar-refractivity contribution in [3.63, 3.8) is 0 Å². The maximum atomic E-state index is 13.0. The average molecular weight is 455 g/mol. The number of carbonyl (C=O) groups is 1. The molecule has 2 aromatic heterocycles. The van der Waals surface area contributed by atoms with Crippen molar-refractivity contribution in [2.75, 3.05) is 7.11 Å². The van der Waals surface area contributed by atoms with Crippen molar-refractivity contribution in [2.24, 2.45) is 7.05 Å². The lowest BCUT2D eigenvalue weighted by Gasteiger charge is -2.20. The highest BCUT2D eigenvalue weighted by Gasteiger charge is 2.33. The first kappa shape index (κ1) is 22.1. The van der Waals surface area contributed by atoms with Crippen LogP contribution in [0, 0.1) is 0 Å². The van der Waals surface area contributed by atoms with Crippen LogP contribution >= 0.6 is 0 Å². The molecule has 0 aliphatic heterocycles. The van der Waals surface area contributed by atoms with Gasteiger partial charge in [-0.05, 0) is 48.0 Å². The molecule has 2 aromatic carbocycles. The fourth-order valence-corrected chi connectivity index (χ4v) is 3.37. The predicted octanol–water partition coefficient (Wildman–Crippen LogP) is 4.15. The second-order valence-corrected chi connectivity index (χ2v) is 7.27. The van der Waals surface area contributed by atoms with Crippen molar-refractivity contribution in [1.29, 1.82) is 0 Å². The molecule has 0 saturated heterocycles. The number of carbonyl (C=O) groups excluding carboxylic acids is 1. The molecule has 4 rings (SSSR count). The van der Waals surface area contributed by atoms with E-state index in [2.05, 4.69) is 15.4 Å². The van der Waals surface area contributed by atoms with Gasteiger partial charge in [-0.2, -0.15) is 18.3 Å². The van der Waals surface area contributed by atoms with Crippen LogP contribution < -0.4 is 10.1 Å². The molecule has 33 heavy (non-hydrogen) atoms. The SMILES string of the molecule is COc1cccc(C(NC(=O)c2ccc(-n3ccc(C(F)(F)F)n3)cc2)c2nccn2C)c1. The molecule has 1 N–H and O–H groups in total. The van der Waals surface area contributed by atoms with Crippen LogP contribution in [-0.4, -0.2) is 32.3 Å². The van der Waals surface area contributed by atoms with Gasteiger partial charge in [-0.25, -0.2) is 9.67 Å². The first-order valence-electron chi connectivity index (χ1n) is 9.91. The Kier molecular flexibility index (Phi) is 5.91. The van der Waals surface area contributed by atoms with Crippen LogP contribution in [0.4, 0.5) is 13.2 Å². The minimum atomic E-state index is -4.52. The number of hydrogen-bond donors (Lipinski definition) is 1. The number of amides is 1. The number of rotatable bonds is 6. The summed E-state index contributed by atoms with van der Waals surface area (Å²) >= 11 is 0. The van der Waals surface area contributed by atoms with Gasteiger partial charge in [0.1, 0.15) is 17.6 Å². The highest BCUT2D eigenvalue weighted by atomic mass is 19.4. The lowest BCUT2D eigenvalue weighted by molar-refractivity contribution is -0.141. The Morgan fingerprint density at radius 3 is 2.45 bits per heavy atom. The molecule has 4 aromatic rings. The summed E-state index contributed by atoms with van der Waals surface area (Å²) in [5, 5.41) is 6.52. The van der Waals surface area contributed by atoms with E-state index in [0.717, 1.165) is 16.3 Å². The third-order valence-electron chi connectivity index (χ3n) is 5.09. The van der Waals surface area contributed by atoms with E-state index in [4.69, 9.17) is 4.74 Å². The first-order valence-corrected chi connectivity index (χ1v) is 9.91. The molecule has 1 unspecified atom stereocenters. The third kappa shape index (κ3) is 4.74. The molecular weight excluding hydrogens is 435 g/mol. The number of aromatic nitrogens is 4. The number of nitrogens with zero attached hydrogens (tertiary/aromatic N) is 4. The Labute approximate surface area is 187 Å². The van der Waals surface area contributed by atoms with Crippen molar-refractivity contribution in [1.82, 2.24) is 24.6 Å². The topological polar surface area (TPSA) is 74.0 Å². The molecular formula is C23H20F3N5O2. The first-order chi connectivity index (χ1) is 15.8. The number of nitrogens with one attached hydrogen (secondary N) is 1. The summed E-state index contributed by atoms with van der Waals surface area (Å²) in [7, 11) is 3.39. The summed E-state index contributed by atoms with van der Waals surface area (Å²) < 4.78 is 46.6. The van der Waals surface area contributed by atoms with Gasteiger partial charge in [0.25, 0.3) is 5.91 Å². The number of hydrogen-bond acceptors (Lipinski definition) is 4. The molecule has 0 aliphatic rings. The molecule has 7 nitrogen and oxygen atoms in total. The number of halogens is 3. The van der Waals surface area contributed by atoms with E-state index in [1.165, 1.54) is 30.5 Å². The van der Waals surface area contributed by atoms with Gasteiger partial charge in [0.15, 0.2) is 5.69 Å². The van der Waals surface area contributed by atoms with E-state index in [1.807, 2.05) is 29.8 Å². The minimum Gasteiger partial charge on any atom is -0.497 e. The lowest BCUT2D eigenvalue weighted by Crippen LogP contribution is -2.31. The van der Waals surface area contributed by atoms with Gasteiger partial charge in [-0.3, -0.25) is 4.79 Å². The summed E-state index contributed by atoms with van der Waals surface area (Å²) in [6.45, 7) is 0. The molecule has 1 atom stereocenters. The van der Waals surface area contributed by atoms with Crippen LogP contribution in [0.1, 0.15) is 33.5 Å². The predicted molar refractivity (Wildman–Crippen MR) is 114 cm³/mol. The van der Waals surface area contributed by atoms with Crippen molar-refractivity contribution < 1.29 is 22.7 Å². The Hall–Kier alpha value is -4.08. The Morgan fingerprint density at radius 2 is 1.85 bits per heavy atom. The molecule has 0 saturated carbocycles. The second kappa shape index (κ2) is 8.81. The fourth-order valence-electron chi connectivity index (χ4n) is 3.37. The quantitative estimate of drug-likeness (QED) is 0.474. The third-order valence-corrected chi connectivity index (χ3v) is 5.09. The average Bonchev–Trinajstić information content (AvgIpc) is 3.47. The maximum Gasteiger partial charge on any atom is 0.435 e. The highest BCUT2D eigenvalue weighted by Crippen LogP contribution is 2.28. The number of alkyl halides is 3. The second-order valence-electron chi connectivity index (χ2n) is 7.27. The number of benzene rings is 2. The van der Waals surface area contributed by atoms with E-state index in [9.17, 15) is 18.0 Å². The van der Waals surface area contributed by atoms with Crippen LogP contribution in [-0.2, 0) is 13.2 Å². The number of imidazole rings is 1. The van der Waals surface area contributed by atoms with Crippen molar-refractivity contribution in [3.8, 4) is 11.4 Å². The fraction of sp³-hybridized carbons (Fsp3) is 0.174. The highest BCUT2D eigenvalue weighted by molar-refractivity contribution is 5.94. The van der Waals surface area contributed by atoms with E-state index in [0.29, 0.717) is 22.8 Å². The van der Waals surface area contributed by atoms with E-state index < -0.39 is 17.9 Å². The van der Waals surface area contributed by atoms with Crippen LogP contribution in [0.15, 0.2) is 73.2 Å². The summed E-state index contributed by atoms with van der Waals surface area (Å²) in [5.74, 6) is 0.904. The standard InChI is InChI=1S/C23H20F3N5O2/c1-30-13-11-27-21(30)20(16-4-3-5-18(14-16)33-2)28-22(32)15-6-8-17(9-7-15)31-12-10-19(29-31)23(24,25)26/h3-14,20H,1-2H3,(H,28,32). The molecule has 1 amide bonds. The molecule has 0 aliphatic carbocycles. The zero-order valence-electron chi connectivity index (χ0n) is 17.7. The van der Waals surface area contributed by atoms with Crippen LogP contribution in [0.25, 0.3) is 5.69 Å². The minimum absolute atomic E-state index is 0.337. The van der Waals surface area contributed by atoms with Crippen LogP contribution in [0.5, 0.6) is 5.75 Å². The van der Waals surface area contributed by atoms with Gasteiger partial charge < -0.3 is 14.6 Å². The van der Waals surface area contributed by atoms with Gasteiger partial charge in [0.2, 0.25) is 0 Å². The normalized spacial score (nSPS) is 12.4. The van der Waals surface area contributed by atoms with Crippen LogP contribution in [0.2, 0.25) is 0 Å². The van der Waals surface area contributed by atoms with Gasteiger partial charge in [-0.1, -0.05) is 12.1 Å². The van der Waals surface area contributed by atoms with Crippen molar-refractivity contribution >= 4 is 5.91 Å². The maximum absolute atomic E-state index is 13.0. The molecule has 2 heterocycles. The Morgan fingerprint density at radius 1 is 1.09 bits per heavy atom. The van der Waals surface area contributed by atoms with Gasteiger partial charge in [-0.15, -0.1) is 0 Å². The number of ether oxygens (including phenoxy) is 1. The monoisotopic (exact) mass is 455 g/mol. The molecule has 0 bridgehead atoms. The van der Waals surface area contributed by atoms with E-state index in [1.54, 1.807) is 25.6 Å². The van der Waals surface area contributed by atoms with E-state index in [-0.39, 0.29) is 5.91 Å². The smallest absolute Gasteiger partial charge is 0.435 e. The van der Waals surface area contributed by atoms with E-state index >= 15 is 0 Å². The summed E-state index contributed by atoms with van der Waals surface area (Å²) in [6, 6.07) is 13.8. The number of methoxy groups -OCH3 is 1.